The second-order valence-corrected chi connectivity index (χ2v) is 4.70. The van der Waals surface area contributed by atoms with Gasteiger partial charge in [-0.3, -0.25) is 0 Å². The Bertz CT molecular complexity index is 478. The number of hydrogen-bond acceptors (Lipinski definition) is 5. The number of nitrogens with zero attached hydrogens (tertiary/aromatic N) is 2. The molecule has 0 amide bonds. The zero-order valence-electron chi connectivity index (χ0n) is 8.09. The van der Waals surface area contributed by atoms with Crippen molar-refractivity contribution in [2.45, 2.75) is 25.0 Å². The third-order valence-corrected chi connectivity index (χ3v) is 3.51. The first-order valence-corrected chi connectivity index (χ1v) is 5.81. The van der Waals surface area contributed by atoms with Crippen LogP contribution in [0, 0.1) is 0 Å². The van der Waals surface area contributed by atoms with E-state index in [2.05, 4.69) is 9.97 Å². The van der Waals surface area contributed by atoms with Gasteiger partial charge in [-0.15, -0.1) is 11.3 Å². The summed E-state index contributed by atoms with van der Waals surface area (Å²) in [6.07, 6.45) is 3.64. The van der Waals surface area contributed by atoms with Gasteiger partial charge in [-0.1, -0.05) is 0 Å². The summed E-state index contributed by atoms with van der Waals surface area (Å²) in [6, 6.07) is 2.27. The zero-order chi connectivity index (χ0) is 10.3. The molecule has 4 nitrogen and oxygen atoms in total. The lowest BCUT2D eigenvalue weighted by Crippen LogP contribution is -2.43. The molecule has 0 atom stereocenters. The van der Waals surface area contributed by atoms with Crippen molar-refractivity contribution < 1.29 is 4.74 Å². The lowest BCUT2D eigenvalue weighted by atomic mass is 9.90. The molecule has 78 valence electrons. The lowest BCUT2D eigenvalue weighted by molar-refractivity contribution is 0.0977. The molecule has 1 fully saturated rings. The van der Waals surface area contributed by atoms with Crippen molar-refractivity contribution in [1.82, 2.24) is 9.97 Å². The minimum absolute atomic E-state index is 0.236. The largest absolute Gasteiger partial charge is 0.473 e. The first kappa shape index (κ1) is 9.06. The van der Waals surface area contributed by atoms with Gasteiger partial charge in [0.25, 0.3) is 0 Å². The molecule has 0 saturated heterocycles. The van der Waals surface area contributed by atoms with Crippen LogP contribution in [-0.4, -0.2) is 22.1 Å². The number of fused-ring (bicyclic) bond motifs is 1. The van der Waals surface area contributed by atoms with Crippen LogP contribution < -0.4 is 10.5 Å². The van der Waals surface area contributed by atoms with Crippen LogP contribution in [0.2, 0.25) is 0 Å². The fraction of sp³-hybridized carbons (Fsp3) is 0.400. The topological polar surface area (TPSA) is 61.0 Å². The predicted molar refractivity (Wildman–Crippen MR) is 59.0 cm³/mol. The number of nitrogens with two attached hydrogens (primary N) is 1. The Hall–Kier alpha value is -1.20. The maximum Gasteiger partial charge on any atom is 0.235 e. The number of ether oxygens (including phenoxy) is 1. The van der Waals surface area contributed by atoms with Crippen LogP contribution in [0.15, 0.2) is 17.8 Å². The first-order valence-electron chi connectivity index (χ1n) is 4.93. The summed E-state index contributed by atoms with van der Waals surface area (Å²) in [4.78, 5) is 8.32. The number of thiophene rings is 1. The zero-order valence-corrected chi connectivity index (χ0v) is 8.91. The van der Waals surface area contributed by atoms with Crippen molar-refractivity contribution in [2.24, 2.45) is 5.73 Å². The van der Waals surface area contributed by atoms with Crippen molar-refractivity contribution in [2.75, 3.05) is 0 Å². The van der Waals surface area contributed by atoms with Crippen molar-refractivity contribution in [3.05, 3.63) is 17.8 Å². The van der Waals surface area contributed by atoms with Crippen LogP contribution >= 0.6 is 11.3 Å². The Balaban J connectivity index is 1.87. The van der Waals surface area contributed by atoms with Gasteiger partial charge >= 0.3 is 0 Å². The summed E-state index contributed by atoms with van der Waals surface area (Å²) in [5, 5.41) is 2.00. The minimum atomic E-state index is 0.236. The molecule has 0 radical (unpaired) electrons. The Morgan fingerprint density at radius 3 is 3.07 bits per heavy atom. The van der Waals surface area contributed by atoms with E-state index in [1.54, 1.807) is 17.7 Å². The van der Waals surface area contributed by atoms with Gasteiger partial charge in [0.1, 0.15) is 17.1 Å². The second-order valence-electron chi connectivity index (χ2n) is 3.79. The van der Waals surface area contributed by atoms with Crippen LogP contribution in [0.4, 0.5) is 0 Å². The van der Waals surface area contributed by atoms with Crippen LogP contribution in [-0.2, 0) is 0 Å². The molecule has 1 aliphatic carbocycles. The highest BCUT2D eigenvalue weighted by molar-refractivity contribution is 7.17. The van der Waals surface area contributed by atoms with Gasteiger partial charge in [-0.2, -0.15) is 0 Å². The van der Waals surface area contributed by atoms with E-state index in [1.807, 2.05) is 11.4 Å². The predicted octanol–water partition coefficient (Wildman–Crippen LogP) is 1.56. The van der Waals surface area contributed by atoms with E-state index in [-0.39, 0.29) is 6.10 Å². The summed E-state index contributed by atoms with van der Waals surface area (Å²) >= 11 is 1.61. The standard InChI is InChI=1S/C10H11N3OS/c11-6-3-7(4-6)14-10-9-8(1-2-15-9)12-5-13-10/h1-2,5-7H,3-4,11H2. The highest BCUT2D eigenvalue weighted by Crippen LogP contribution is 2.30. The molecule has 5 heteroatoms. The molecule has 2 N–H and O–H groups in total. The maximum atomic E-state index is 5.77. The van der Waals surface area contributed by atoms with Crippen molar-refractivity contribution in [3.63, 3.8) is 0 Å². The lowest BCUT2D eigenvalue weighted by Gasteiger charge is -2.32. The quantitative estimate of drug-likeness (QED) is 0.836. The molecular weight excluding hydrogens is 210 g/mol. The van der Waals surface area contributed by atoms with E-state index in [9.17, 15) is 0 Å². The minimum Gasteiger partial charge on any atom is -0.473 e. The summed E-state index contributed by atoms with van der Waals surface area (Å²) in [7, 11) is 0. The van der Waals surface area contributed by atoms with Crippen molar-refractivity contribution >= 4 is 21.6 Å². The molecule has 2 aromatic rings. The Kier molecular flexibility index (Phi) is 2.07. The number of rotatable bonds is 2. The Morgan fingerprint density at radius 2 is 2.27 bits per heavy atom. The molecule has 0 unspecified atom stereocenters. The van der Waals surface area contributed by atoms with Gasteiger partial charge in [0.15, 0.2) is 0 Å². The Morgan fingerprint density at radius 1 is 1.40 bits per heavy atom. The average Bonchev–Trinajstić information content (AvgIpc) is 2.64. The molecule has 1 saturated carbocycles. The van der Waals surface area contributed by atoms with Crippen LogP contribution in [0.5, 0.6) is 5.88 Å². The van der Waals surface area contributed by atoms with E-state index in [1.165, 1.54) is 0 Å². The van der Waals surface area contributed by atoms with Crippen molar-refractivity contribution in [1.29, 1.82) is 0 Å². The van der Waals surface area contributed by atoms with E-state index in [0.29, 0.717) is 11.9 Å². The second kappa shape index (κ2) is 3.43. The van der Waals surface area contributed by atoms with Gasteiger partial charge < -0.3 is 10.5 Å². The highest BCUT2D eigenvalue weighted by Gasteiger charge is 2.28. The van der Waals surface area contributed by atoms with Gasteiger partial charge in [-0.25, -0.2) is 9.97 Å². The summed E-state index contributed by atoms with van der Waals surface area (Å²) in [5.41, 5.74) is 6.66. The smallest absolute Gasteiger partial charge is 0.235 e. The highest BCUT2D eigenvalue weighted by atomic mass is 32.1. The fourth-order valence-corrected chi connectivity index (χ4v) is 2.49. The molecule has 0 aliphatic heterocycles. The SMILES string of the molecule is NC1CC(Oc2ncnc3ccsc23)C1. The van der Waals surface area contributed by atoms with Gasteiger partial charge in [-0.05, 0) is 24.3 Å². The van der Waals surface area contributed by atoms with E-state index >= 15 is 0 Å². The maximum absolute atomic E-state index is 5.77. The average molecular weight is 221 g/mol. The molecule has 0 spiro atoms. The van der Waals surface area contributed by atoms with Crippen LogP contribution in [0.1, 0.15) is 12.8 Å². The van der Waals surface area contributed by atoms with E-state index < -0.39 is 0 Å². The molecule has 3 rings (SSSR count). The molecule has 1 aliphatic rings. The molecule has 0 bridgehead atoms. The summed E-state index contributed by atoms with van der Waals surface area (Å²) in [5.74, 6) is 0.701. The number of hydrogen-bond donors (Lipinski definition) is 1. The molecule has 15 heavy (non-hydrogen) atoms. The van der Waals surface area contributed by atoms with Gasteiger partial charge in [0.2, 0.25) is 5.88 Å². The monoisotopic (exact) mass is 221 g/mol. The summed E-state index contributed by atoms with van der Waals surface area (Å²) in [6.45, 7) is 0. The van der Waals surface area contributed by atoms with Crippen LogP contribution in [0.25, 0.3) is 10.2 Å². The molecular formula is C10H11N3OS. The van der Waals surface area contributed by atoms with E-state index in [4.69, 9.17) is 10.5 Å². The number of aromatic nitrogens is 2. The van der Waals surface area contributed by atoms with Crippen molar-refractivity contribution in [3.8, 4) is 5.88 Å². The first-order chi connectivity index (χ1) is 7.33. The van der Waals surface area contributed by atoms with E-state index in [0.717, 1.165) is 23.1 Å². The third kappa shape index (κ3) is 1.57. The molecule has 2 aromatic heterocycles. The normalized spacial score (nSPS) is 25.1. The van der Waals surface area contributed by atoms with Gasteiger partial charge in [0, 0.05) is 6.04 Å². The molecule has 0 aromatic carbocycles. The third-order valence-electron chi connectivity index (χ3n) is 2.62. The fourth-order valence-electron chi connectivity index (χ4n) is 1.71. The Labute approximate surface area is 91.1 Å². The molecule has 2 heterocycles. The van der Waals surface area contributed by atoms with Crippen LogP contribution in [0.3, 0.4) is 0 Å². The van der Waals surface area contributed by atoms with Gasteiger partial charge in [0.05, 0.1) is 5.52 Å². The summed E-state index contributed by atoms with van der Waals surface area (Å²) < 4.78 is 6.80.